The van der Waals surface area contributed by atoms with Crippen LogP contribution in [0, 0.1) is 11.6 Å². The molecule has 0 bridgehead atoms. The molecule has 174 valence electrons. The Hall–Kier alpha value is -3.14. The highest BCUT2D eigenvalue weighted by molar-refractivity contribution is 6.30. The predicted molar refractivity (Wildman–Crippen MR) is 122 cm³/mol. The van der Waals surface area contributed by atoms with E-state index in [-0.39, 0.29) is 0 Å². The summed E-state index contributed by atoms with van der Waals surface area (Å²) in [5, 5.41) is 0.408. The van der Waals surface area contributed by atoms with Gasteiger partial charge in [0.05, 0.1) is 31.2 Å². The third-order valence-corrected chi connectivity index (χ3v) is 6.41. The van der Waals surface area contributed by atoms with Crippen LogP contribution in [0.2, 0.25) is 5.02 Å². The van der Waals surface area contributed by atoms with Gasteiger partial charge < -0.3 is 14.4 Å². The number of pyridine rings is 1. The maximum atomic E-state index is 15.1. The molecule has 0 amide bonds. The first-order valence-corrected chi connectivity index (χ1v) is 11.4. The lowest BCUT2D eigenvalue weighted by Crippen LogP contribution is -2.37. The molecule has 34 heavy (non-hydrogen) atoms. The van der Waals surface area contributed by atoms with Crippen LogP contribution in [0.4, 0.5) is 14.7 Å². The van der Waals surface area contributed by atoms with Gasteiger partial charge in [-0.2, -0.15) is 0 Å². The first kappa shape index (κ1) is 21.4. The van der Waals surface area contributed by atoms with Crippen LogP contribution in [0.5, 0.6) is 0 Å². The number of nitrogens with zero attached hydrogens (tertiary/aromatic N) is 5. The van der Waals surface area contributed by atoms with Crippen LogP contribution >= 0.6 is 11.6 Å². The van der Waals surface area contributed by atoms with Crippen molar-refractivity contribution in [2.24, 2.45) is 0 Å². The van der Waals surface area contributed by atoms with Gasteiger partial charge in [-0.25, -0.2) is 23.7 Å². The molecule has 2 aliphatic rings. The van der Waals surface area contributed by atoms with Gasteiger partial charge in [0.25, 0.3) is 0 Å². The van der Waals surface area contributed by atoms with Gasteiger partial charge in [0.2, 0.25) is 5.95 Å². The molecule has 10 heteroatoms. The Bertz CT molecular complexity index is 1370. The second-order valence-electron chi connectivity index (χ2n) is 8.24. The molecule has 0 aliphatic carbocycles. The van der Waals surface area contributed by atoms with E-state index in [9.17, 15) is 4.39 Å². The van der Waals surface area contributed by atoms with Gasteiger partial charge in [0, 0.05) is 65.9 Å². The third-order valence-electron chi connectivity index (χ3n) is 6.18. The highest BCUT2D eigenvalue weighted by Gasteiger charge is 2.30. The lowest BCUT2D eigenvalue weighted by atomic mass is 10.0. The van der Waals surface area contributed by atoms with E-state index in [0.717, 1.165) is 5.69 Å². The molecule has 1 fully saturated rings. The van der Waals surface area contributed by atoms with Gasteiger partial charge in [-0.3, -0.25) is 4.40 Å². The smallest absolute Gasteiger partial charge is 0.225 e. The molecule has 4 aromatic rings. The number of hydrogen-bond acceptors (Lipinski definition) is 6. The summed E-state index contributed by atoms with van der Waals surface area (Å²) >= 11 is 6.13. The second-order valence-corrected chi connectivity index (χ2v) is 8.68. The zero-order valence-electron chi connectivity index (χ0n) is 18.0. The zero-order valence-corrected chi connectivity index (χ0v) is 18.8. The summed E-state index contributed by atoms with van der Waals surface area (Å²) in [6, 6.07) is 5.73. The third kappa shape index (κ3) is 3.70. The van der Waals surface area contributed by atoms with Gasteiger partial charge in [0.15, 0.2) is 0 Å². The molecule has 1 unspecified atom stereocenters. The molecule has 5 heterocycles. The molecular formula is C24H20ClF2N5O2. The number of anilines is 1. The predicted octanol–water partition coefficient (Wildman–Crippen LogP) is 4.22. The average molecular weight is 484 g/mol. The second kappa shape index (κ2) is 8.57. The van der Waals surface area contributed by atoms with Crippen molar-refractivity contribution in [3.8, 4) is 11.1 Å². The van der Waals surface area contributed by atoms with Gasteiger partial charge in [0.1, 0.15) is 23.4 Å². The topological polar surface area (TPSA) is 64.8 Å². The molecular weight excluding hydrogens is 464 g/mol. The van der Waals surface area contributed by atoms with Crippen molar-refractivity contribution in [2.75, 3.05) is 37.8 Å². The number of ether oxygens (including phenoxy) is 2. The molecule has 0 saturated carbocycles. The number of halogens is 3. The summed E-state index contributed by atoms with van der Waals surface area (Å²) in [6.07, 6.45) is 4.69. The van der Waals surface area contributed by atoms with Crippen molar-refractivity contribution >= 4 is 23.2 Å². The minimum absolute atomic E-state index is 0.317. The van der Waals surface area contributed by atoms with Gasteiger partial charge >= 0.3 is 0 Å². The van der Waals surface area contributed by atoms with Crippen molar-refractivity contribution in [2.45, 2.75) is 12.5 Å². The van der Waals surface area contributed by atoms with Gasteiger partial charge in [-0.1, -0.05) is 11.6 Å². The molecule has 1 saturated heterocycles. The number of benzene rings is 1. The summed E-state index contributed by atoms with van der Waals surface area (Å²) in [5.74, 6) is -0.283. The SMILES string of the molecule is Fc1cc2nc3c(n2cc1-c1cnc(N2CCOCC2)nc1)C(c1cc(Cl)ccc1F)OCC3. The summed E-state index contributed by atoms with van der Waals surface area (Å²) in [6.45, 7) is 3.04. The molecule has 7 nitrogen and oxygen atoms in total. The summed E-state index contributed by atoms with van der Waals surface area (Å²) in [5.41, 5.74) is 2.99. The lowest BCUT2D eigenvalue weighted by Gasteiger charge is -2.26. The van der Waals surface area contributed by atoms with Crippen LogP contribution in [-0.2, 0) is 15.9 Å². The highest BCUT2D eigenvalue weighted by atomic mass is 35.5. The van der Waals surface area contributed by atoms with Crippen molar-refractivity contribution in [1.82, 2.24) is 19.4 Å². The Labute approximate surface area is 198 Å². The van der Waals surface area contributed by atoms with E-state index < -0.39 is 17.7 Å². The van der Waals surface area contributed by atoms with Crippen LogP contribution in [0.15, 0.2) is 42.9 Å². The normalized spacial score (nSPS) is 18.3. The minimum Gasteiger partial charge on any atom is -0.378 e. The van der Waals surface area contributed by atoms with Crippen LogP contribution in [0.25, 0.3) is 16.8 Å². The fourth-order valence-corrected chi connectivity index (χ4v) is 4.68. The maximum Gasteiger partial charge on any atom is 0.225 e. The first-order valence-electron chi connectivity index (χ1n) is 11.0. The Morgan fingerprint density at radius 2 is 1.79 bits per heavy atom. The van der Waals surface area contributed by atoms with E-state index in [1.807, 2.05) is 4.90 Å². The van der Waals surface area contributed by atoms with E-state index in [0.29, 0.717) is 78.3 Å². The zero-order chi connectivity index (χ0) is 23.2. The fraction of sp³-hybridized carbons (Fsp3) is 0.292. The molecule has 3 aromatic heterocycles. The Balaban J connectivity index is 1.43. The summed E-state index contributed by atoms with van der Waals surface area (Å²) in [7, 11) is 0. The lowest BCUT2D eigenvalue weighted by molar-refractivity contribution is 0.0631. The quantitative estimate of drug-likeness (QED) is 0.435. The fourth-order valence-electron chi connectivity index (χ4n) is 4.50. The van der Waals surface area contributed by atoms with Crippen LogP contribution in [-0.4, -0.2) is 52.3 Å². The van der Waals surface area contributed by atoms with E-state index in [4.69, 9.17) is 21.1 Å². The number of imidazole rings is 1. The van der Waals surface area contributed by atoms with Crippen LogP contribution < -0.4 is 4.90 Å². The maximum absolute atomic E-state index is 15.1. The van der Waals surface area contributed by atoms with E-state index in [2.05, 4.69) is 15.0 Å². The number of fused-ring (bicyclic) bond motifs is 3. The number of morpholine rings is 1. The van der Waals surface area contributed by atoms with Crippen LogP contribution in [0.3, 0.4) is 0 Å². The largest absolute Gasteiger partial charge is 0.378 e. The number of rotatable bonds is 3. The summed E-state index contributed by atoms with van der Waals surface area (Å²) < 4.78 is 42.9. The van der Waals surface area contributed by atoms with Gasteiger partial charge in [-0.15, -0.1) is 0 Å². The molecule has 0 spiro atoms. The molecule has 1 atom stereocenters. The monoisotopic (exact) mass is 483 g/mol. The number of hydrogen-bond donors (Lipinski definition) is 0. The van der Waals surface area contributed by atoms with Crippen LogP contribution in [0.1, 0.15) is 23.1 Å². The van der Waals surface area contributed by atoms with Crippen molar-refractivity contribution in [1.29, 1.82) is 0 Å². The Morgan fingerprint density at radius 3 is 2.59 bits per heavy atom. The molecule has 2 aliphatic heterocycles. The Kier molecular flexibility index (Phi) is 5.40. The van der Waals surface area contributed by atoms with E-state index >= 15 is 4.39 Å². The molecule has 1 aromatic carbocycles. The standard InChI is InChI=1S/C24H20ClF2N5O2/c25-15-1-2-18(26)16(9-15)23-22-20(3-6-34-23)30-21-10-19(27)17(13-32(21)22)14-11-28-24(29-12-14)31-4-7-33-8-5-31/h1-2,9-13,23H,3-8H2. The van der Waals surface area contributed by atoms with Crippen molar-refractivity contribution in [3.05, 3.63) is 76.5 Å². The number of aromatic nitrogens is 4. The van der Waals surface area contributed by atoms with Gasteiger partial charge in [-0.05, 0) is 18.2 Å². The van der Waals surface area contributed by atoms with E-state index in [1.54, 1.807) is 29.1 Å². The Morgan fingerprint density at radius 1 is 1.00 bits per heavy atom. The van der Waals surface area contributed by atoms with E-state index in [1.165, 1.54) is 18.2 Å². The summed E-state index contributed by atoms with van der Waals surface area (Å²) in [4.78, 5) is 15.5. The molecule has 0 radical (unpaired) electrons. The molecule has 6 rings (SSSR count). The first-order chi connectivity index (χ1) is 16.6. The molecule has 0 N–H and O–H groups in total. The van der Waals surface area contributed by atoms with Crippen molar-refractivity contribution < 1.29 is 18.3 Å². The van der Waals surface area contributed by atoms with Crippen molar-refractivity contribution in [3.63, 3.8) is 0 Å². The highest BCUT2D eigenvalue weighted by Crippen LogP contribution is 2.37. The average Bonchev–Trinajstić information content (AvgIpc) is 3.23. The minimum atomic E-state index is -0.712.